The summed E-state index contributed by atoms with van der Waals surface area (Å²) in [6.07, 6.45) is 3.47. The second-order valence-electron chi connectivity index (χ2n) is 7.53. The maximum Gasteiger partial charge on any atom is 0.277 e. The van der Waals surface area contributed by atoms with Crippen molar-refractivity contribution in [2.24, 2.45) is 5.10 Å². The van der Waals surface area contributed by atoms with Gasteiger partial charge in [-0.1, -0.05) is 19.1 Å². The summed E-state index contributed by atoms with van der Waals surface area (Å²) in [6, 6.07) is 13.8. The number of ether oxygens (including phenoxy) is 2. The first kappa shape index (κ1) is 21.8. The van der Waals surface area contributed by atoms with Crippen LogP contribution in [0.2, 0.25) is 0 Å². The number of benzene rings is 2. The van der Waals surface area contributed by atoms with Crippen LogP contribution in [0.5, 0.6) is 11.5 Å². The molecule has 2 aromatic rings. The molecule has 3 rings (SSSR count). The van der Waals surface area contributed by atoms with Crippen molar-refractivity contribution < 1.29 is 14.3 Å². The van der Waals surface area contributed by atoms with Crippen molar-refractivity contribution >= 4 is 11.6 Å². The largest absolute Gasteiger partial charge is 0.496 e. The summed E-state index contributed by atoms with van der Waals surface area (Å²) in [4.78, 5) is 14.5. The van der Waals surface area contributed by atoms with Gasteiger partial charge in [-0.2, -0.15) is 5.10 Å². The molecule has 0 aliphatic carbocycles. The third kappa shape index (κ3) is 6.07. The lowest BCUT2D eigenvalue weighted by atomic mass is 10.1. The molecule has 1 saturated heterocycles. The number of hydrogen-bond donors (Lipinski definition) is 1. The number of hydrazone groups is 1. The minimum atomic E-state index is -0.292. The topological polar surface area (TPSA) is 63.2 Å². The third-order valence-corrected chi connectivity index (χ3v) is 5.34. The van der Waals surface area contributed by atoms with E-state index in [-0.39, 0.29) is 12.5 Å². The molecule has 1 fully saturated rings. The number of nitrogens with zero attached hydrogens (tertiary/aromatic N) is 2. The van der Waals surface area contributed by atoms with Gasteiger partial charge in [0.15, 0.2) is 6.61 Å². The molecular weight excluding hydrogens is 378 g/mol. The van der Waals surface area contributed by atoms with E-state index in [2.05, 4.69) is 28.4 Å². The molecule has 0 unspecified atom stereocenters. The fourth-order valence-corrected chi connectivity index (χ4v) is 3.52. The lowest BCUT2D eigenvalue weighted by molar-refractivity contribution is -0.123. The van der Waals surface area contributed by atoms with Gasteiger partial charge in [-0.05, 0) is 80.7 Å². The molecule has 1 N–H and O–H groups in total. The zero-order chi connectivity index (χ0) is 21.3. The van der Waals surface area contributed by atoms with E-state index in [1.54, 1.807) is 7.11 Å². The van der Waals surface area contributed by atoms with Crippen molar-refractivity contribution in [3.05, 3.63) is 59.2 Å². The van der Waals surface area contributed by atoms with Crippen molar-refractivity contribution in [2.75, 3.05) is 26.8 Å². The molecule has 1 aliphatic heterocycles. The van der Waals surface area contributed by atoms with Gasteiger partial charge in [-0.25, -0.2) is 5.43 Å². The molecule has 6 nitrogen and oxygen atoms in total. The normalized spacial score (nSPS) is 14.6. The fourth-order valence-electron chi connectivity index (χ4n) is 3.52. The van der Waals surface area contributed by atoms with Crippen molar-refractivity contribution in [2.45, 2.75) is 39.7 Å². The van der Waals surface area contributed by atoms with E-state index in [1.165, 1.54) is 18.4 Å². The van der Waals surface area contributed by atoms with Gasteiger partial charge in [-0.3, -0.25) is 9.69 Å². The van der Waals surface area contributed by atoms with Crippen LogP contribution in [0.15, 0.2) is 47.6 Å². The van der Waals surface area contributed by atoms with Crippen LogP contribution in [0.4, 0.5) is 0 Å². The molecule has 0 radical (unpaired) electrons. The summed E-state index contributed by atoms with van der Waals surface area (Å²) < 4.78 is 11.0. The summed E-state index contributed by atoms with van der Waals surface area (Å²) in [5.41, 5.74) is 6.64. The summed E-state index contributed by atoms with van der Waals surface area (Å²) in [5, 5.41) is 4.25. The number of hydrogen-bond acceptors (Lipinski definition) is 5. The maximum atomic E-state index is 12.1. The van der Waals surface area contributed by atoms with Gasteiger partial charge in [0.2, 0.25) is 0 Å². The van der Waals surface area contributed by atoms with E-state index in [0.717, 1.165) is 48.6 Å². The Bertz CT molecular complexity index is 872. The van der Waals surface area contributed by atoms with E-state index in [1.807, 2.05) is 43.3 Å². The Kier molecular flexibility index (Phi) is 7.85. The number of aryl methyl sites for hydroxylation is 1. The number of amides is 1. The zero-order valence-corrected chi connectivity index (χ0v) is 18.1. The molecule has 2 aromatic carbocycles. The van der Waals surface area contributed by atoms with Gasteiger partial charge < -0.3 is 9.47 Å². The van der Waals surface area contributed by atoms with Crippen molar-refractivity contribution in [1.29, 1.82) is 0 Å². The zero-order valence-electron chi connectivity index (χ0n) is 18.1. The quantitative estimate of drug-likeness (QED) is 0.506. The number of methoxy groups -OCH3 is 1. The minimum absolute atomic E-state index is 0.0783. The lowest BCUT2D eigenvalue weighted by Crippen LogP contribution is -2.25. The van der Waals surface area contributed by atoms with Gasteiger partial charge in [0, 0.05) is 12.1 Å². The summed E-state index contributed by atoms with van der Waals surface area (Å²) in [6.45, 7) is 7.01. The van der Waals surface area contributed by atoms with E-state index < -0.39 is 0 Å². The van der Waals surface area contributed by atoms with Gasteiger partial charge in [0.1, 0.15) is 11.5 Å². The highest BCUT2D eigenvalue weighted by molar-refractivity contribution is 5.99. The van der Waals surface area contributed by atoms with Crippen molar-refractivity contribution in [3.63, 3.8) is 0 Å². The van der Waals surface area contributed by atoms with Crippen LogP contribution in [0.1, 0.15) is 43.4 Å². The molecule has 0 atom stereocenters. The standard InChI is InChI=1S/C24H31N3O3/c1-4-19-7-10-22(11-8-19)30-17-24(28)26-25-18(2)20-9-12-23(29-3)21(15-20)16-27-13-5-6-14-27/h7-12,15H,4-6,13-14,16-17H2,1-3H3,(H,26,28)/b25-18-. The van der Waals surface area contributed by atoms with E-state index in [0.29, 0.717) is 5.75 Å². The van der Waals surface area contributed by atoms with Gasteiger partial charge in [0.05, 0.1) is 12.8 Å². The van der Waals surface area contributed by atoms with Crippen LogP contribution in [-0.2, 0) is 17.8 Å². The smallest absolute Gasteiger partial charge is 0.277 e. The highest BCUT2D eigenvalue weighted by Gasteiger charge is 2.15. The molecule has 0 bridgehead atoms. The Balaban J connectivity index is 1.57. The van der Waals surface area contributed by atoms with Crippen molar-refractivity contribution in [3.8, 4) is 11.5 Å². The van der Waals surface area contributed by atoms with E-state index in [9.17, 15) is 4.79 Å². The Morgan fingerprint density at radius 3 is 2.53 bits per heavy atom. The summed E-state index contributed by atoms with van der Waals surface area (Å²) in [5.74, 6) is 1.26. The molecule has 0 spiro atoms. The lowest BCUT2D eigenvalue weighted by Gasteiger charge is -2.17. The van der Waals surface area contributed by atoms with Crippen LogP contribution in [0.25, 0.3) is 0 Å². The number of likely N-dealkylation sites (tertiary alicyclic amines) is 1. The summed E-state index contributed by atoms with van der Waals surface area (Å²) in [7, 11) is 1.69. The first-order valence-corrected chi connectivity index (χ1v) is 10.5. The molecule has 0 saturated carbocycles. The molecule has 160 valence electrons. The number of rotatable bonds is 9. The van der Waals surface area contributed by atoms with Crippen LogP contribution >= 0.6 is 0 Å². The van der Waals surface area contributed by atoms with Crippen LogP contribution < -0.4 is 14.9 Å². The molecule has 30 heavy (non-hydrogen) atoms. The fraction of sp³-hybridized carbons (Fsp3) is 0.417. The van der Waals surface area contributed by atoms with Crippen molar-refractivity contribution in [1.82, 2.24) is 10.3 Å². The highest BCUT2D eigenvalue weighted by atomic mass is 16.5. The monoisotopic (exact) mass is 409 g/mol. The minimum Gasteiger partial charge on any atom is -0.496 e. The Morgan fingerprint density at radius 2 is 1.87 bits per heavy atom. The average molecular weight is 410 g/mol. The molecular formula is C24H31N3O3. The van der Waals surface area contributed by atoms with Gasteiger partial charge in [-0.15, -0.1) is 0 Å². The average Bonchev–Trinajstić information content (AvgIpc) is 3.29. The number of nitrogens with one attached hydrogen (secondary N) is 1. The number of carbonyl (C=O) groups is 1. The Hall–Kier alpha value is -2.86. The predicted molar refractivity (Wildman–Crippen MR) is 119 cm³/mol. The first-order chi connectivity index (χ1) is 14.6. The second kappa shape index (κ2) is 10.8. The van der Waals surface area contributed by atoms with Crippen LogP contribution in [-0.4, -0.2) is 43.3 Å². The predicted octanol–water partition coefficient (Wildman–Crippen LogP) is 3.77. The van der Waals surface area contributed by atoms with E-state index >= 15 is 0 Å². The molecule has 0 aromatic heterocycles. The molecule has 1 aliphatic rings. The Morgan fingerprint density at radius 1 is 1.13 bits per heavy atom. The number of carbonyl (C=O) groups excluding carboxylic acids is 1. The van der Waals surface area contributed by atoms with Crippen LogP contribution in [0.3, 0.4) is 0 Å². The Labute approximate surface area is 178 Å². The SMILES string of the molecule is CCc1ccc(OCC(=O)N/N=C(/C)c2ccc(OC)c(CN3CCCC3)c2)cc1. The maximum absolute atomic E-state index is 12.1. The van der Waals surface area contributed by atoms with Gasteiger partial charge >= 0.3 is 0 Å². The summed E-state index contributed by atoms with van der Waals surface area (Å²) >= 11 is 0. The third-order valence-electron chi connectivity index (χ3n) is 5.34. The first-order valence-electron chi connectivity index (χ1n) is 10.5. The second-order valence-corrected chi connectivity index (χ2v) is 7.53. The molecule has 1 amide bonds. The van der Waals surface area contributed by atoms with Crippen LogP contribution in [0, 0.1) is 0 Å². The van der Waals surface area contributed by atoms with E-state index in [4.69, 9.17) is 9.47 Å². The molecule has 6 heteroatoms. The highest BCUT2D eigenvalue weighted by Crippen LogP contribution is 2.23. The molecule has 1 heterocycles. The van der Waals surface area contributed by atoms with Gasteiger partial charge in [0.25, 0.3) is 5.91 Å².